The quantitative estimate of drug-likeness (QED) is 0.780. The van der Waals surface area contributed by atoms with E-state index in [9.17, 15) is 18.0 Å². The molecule has 1 heterocycles. The molecule has 0 saturated carbocycles. The Labute approximate surface area is 121 Å². The highest BCUT2D eigenvalue weighted by atomic mass is 19.4. The van der Waals surface area contributed by atoms with Gasteiger partial charge in [0.2, 0.25) is 5.78 Å². The van der Waals surface area contributed by atoms with E-state index in [-0.39, 0.29) is 11.3 Å². The van der Waals surface area contributed by atoms with E-state index >= 15 is 0 Å². The molecule has 0 bridgehead atoms. The monoisotopic (exact) mass is 295 g/mol. The molecule has 0 aliphatic heterocycles. The molecule has 5 heteroatoms. The zero-order valence-corrected chi connectivity index (χ0v) is 12.1. The van der Waals surface area contributed by atoms with Crippen LogP contribution in [0.15, 0.2) is 30.3 Å². The molecule has 21 heavy (non-hydrogen) atoms. The van der Waals surface area contributed by atoms with Crippen molar-refractivity contribution in [1.82, 2.24) is 4.57 Å². The molecule has 1 aromatic heterocycles. The third-order valence-corrected chi connectivity index (χ3v) is 3.57. The molecule has 112 valence electrons. The van der Waals surface area contributed by atoms with E-state index in [1.54, 1.807) is 11.6 Å². The molecular weight excluding hydrogens is 279 g/mol. The number of nitrogens with zero attached hydrogens (tertiary/aromatic N) is 1. The van der Waals surface area contributed by atoms with Gasteiger partial charge in [-0.1, -0.05) is 19.1 Å². The van der Waals surface area contributed by atoms with Crippen LogP contribution in [0.2, 0.25) is 0 Å². The Hall–Kier alpha value is -2.04. The first-order valence-corrected chi connectivity index (χ1v) is 6.62. The minimum atomic E-state index is -4.39. The summed E-state index contributed by atoms with van der Waals surface area (Å²) in [5.41, 5.74) is 1.88. The van der Waals surface area contributed by atoms with Gasteiger partial charge in [-0.05, 0) is 37.1 Å². The van der Waals surface area contributed by atoms with Gasteiger partial charge in [0, 0.05) is 18.3 Å². The Morgan fingerprint density at radius 1 is 1.19 bits per heavy atom. The molecule has 0 radical (unpaired) electrons. The average molecular weight is 295 g/mol. The third-order valence-electron chi connectivity index (χ3n) is 3.57. The number of aryl methyl sites for hydroxylation is 2. The predicted octanol–water partition coefficient (Wildman–Crippen LogP) is 4.15. The summed E-state index contributed by atoms with van der Waals surface area (Å²) in [5.74, 6) is -0.261. The molecule has 1 aromatic carbocycles. The molecule has 0 amide bonds. The van der Waals surface area contributed by atoms with Crippen molar-refractivity contribution >= 4 is 5.78 Å². The van der Waals surface area contributed by atoms with Crippen molar-refractivity contribution in [3.63, 3.8) is 0 Å². The smallest absolute Gasteiger partial charge is 0.345 e. The fraction of sp³-hybridized carbons (Fsp3) is 0.312. The van der Waals surface area contributed by atoms with Gasteiger partial charge in [0.25, 0.3) is 0 Å². The van der Waals surface area contributed by atoms with E-state index in [0.29, 0.717) is 5.69 Å². The molecule has 0 N–H and O–H groups in total. The van der Waals surface area contributed by atoms with Crippen molar-refractivity contribution in [1.29, 1.82) is 0 Å². The maximum absolute atomic E-state index is 12.5. The van der Waals surface area contributed by atoms with Crippen LogP contribution in [0.1, 0.15) is 39.8 Å². The largest absolute Gasteiger partial charge is 0.416 e. The van der Waals surface area contributed by atoms with Gasteiger partial charge >= 0.3 is 6.18 Å². The standard InChI is InChI=1S/C16H16F3NO/c1-4-13-9-10(2)14(20(13)3)15(21)11-5-7-12(8-6-11)16(17,18)19/h5-9H,4H2,1-3H3. The lowest BCUT2D eigenvalue weighted by Crippen LogP contribution is -2.11. The first kappa shape index (κ1) is 15.4. The first-order chi connectivity index (χ1) is 9.75. The van der Waals surface area contributed by atoms with Crippen LogP contribution in [0, 0.1) is 6.92 Å². The van der Waals surface area contributed by atoms with Crippen LogP contribution in [-0.4, -0.2) is 10.4 Å². The van der Waals surface area contributed by atoms with Crippen LogP contribution >= 0.6 is 0 Å². The minimum absolute atomic E-state index is 0.259. The SMILES string of the molecule is CCc1cc(C)c(C(=O)c2ccc(C(F)(F)F)cc2)n1C. The summed E-state index contributed by atoms with van der Waals surface area (Å²) in [6.45, 7) is 3.82. The lowest BCUT2D eigenvalue weighted by Gasteiger charge is -2.09. The molecule has 0 fully saturated rings. The second-order valence-electron chi connectivity index (χ2n) is 4.98. The molecule has 0 spiro atoms. The van der Waals surface area contributed by atoms with Crippen molar-refractivity contribution < 1.29 is 18.0 Å². The number of rotatable bonds is 3. The number of hydrogen-bond acceptors (Lipinski definition) is 1. The maximum atomic E-state index is 12.5. The summed E-state index contributed by atoms with van der Waals surface area (Å²) < 4.78 is 39.4. The molecule has 0 unspecified atom stereocenters. The highest BCUT2D eigenvalue weighted by molar-refractivity contribution is 6.09. The van der Waals surface area contributed by atoms with Crippen LogP contribution in [0.5, 0.6) is 0 Å². The van der Waals surface area contributed by atoms with Crippen LogP contribution in [-0.2, 0) is 19.6 Å². The summed E-state index contributed by atoms with van der Waals surface area (Å²) >= 11 is 0. The molecule has 0 saturated heterocycles. The van der Waals surface area contributed by atoms with Crippen molar-refractivity contribution in [2.75, 3.05) is 0 Å². The van der Waals surface area contributed by atoms with Gasteiger partial charge in [-0.2, -0.15) is 13.2 Å². The molecular formula is C16H16F3NO. The van der Waals surface area contributed by atoms with E-state index in [4.69, 9.17) is 0 Å². The Kier molecular flexibility index (Phi) is 3.94. The number of aromatic nitrogens is 1. The molecule has 0 aliphatic carbocycles. The molecule has 0 atom stereocenters. The minimum Gasteiger partial charge on any atom is -0.345 e. The van der Waals surface area contributed by atoms with Crippen LogP contribution < -0.4 is 0 Å². The molecule has 2 aromatic rings. The molecule has 2 rings (SSSR count). The van der Waals surface area contributed by atoms with Gasteiger partial charge in [-0.3, -0.25) is 4.79 Å². The van der Waals surface area contributed by atoms with Gasteiger partial charge in [0.1, 0.15) is 0 Å². The highest BCUT2D eigenvalue weighted by Crippen LogP contribution is 2.29. The van der Waals surface area contributed by atoms with E-state index in [1.165, 1.54) is 12.1 Å². The van der Waals surface area contributed by atoms with Gasteiger partial charge in [0.05, 0.1) is 11.3 Å². The van der Waals surface area contributed by atoms with Crippen LogP contribution in [0.4, 0.5) is 13.2 Å². The van der Waals surface area contributed by atoms with Gasteiger partial charge in [-0.25, -0.2) is 0 Å². The second-order valence-corrected chi connectivity index (χ2v) is 4.98. The Balaban J connectivity index is 2.39. The van der Waals surface area contributed by atoms with Gasteiger partial charge in [0.15, 0.2) is 0 Å². The van der Waals surface area contributed by atoms with Crippen molar-refractivity contribution in [3.8, 4) is 0 Å². The van der Waals surface area contributed by atoms with Crippen molar-refractivity contribution in [2.45, 2.75) is 26.4 Å². The number of carbonyl (C=O) groups is 1. The lowest BCUT2D eigenvalue weighted by molar-refractivity contribution is -0.137. The van der Waals surface area contributed by atoms with Crippen LogP contribution in [0.3, 0.4) is 0 Å². The Morgan fingerprint density at radius 2 is 1.76 bits per heavy atom. The number of benzene rings is 1. The fourth-order valence-electron chi connectivity index (χ4n) is 2.44. The summed E-state index contributed by atoms with van der Waals surface area (Å²) in [6, 6.07) is 6.25. The van der Waals surface area contributed by atoms with E-state index in [1.807, 2.05) is 19.9 Å². The number of carbonyl (C=O) groups excluding carboxylic acids is 1. The van der Waals surface area contributed by atoms with Crippen molar-refractivity contribution in [3.05, 3.63) is 58.4 Å². The first-order valence-electron chi connectivity index (χ1n) is 6.62. The van der Waals surface area contributed by atoms with E-state index in [2.05, 4.69) is 0 Å². The van der Waals surface area contributed by atoms with E-state index < -0.39 is 11.7 Å². The second kappa shape index (κ2) is 5.39. The summed E-state index contributed by atoms with van der Waals surface area (Å²) in [4.78, 5) is 12.5. The summed E-state index contributed by atoms with van der Waals surface area (Å²) in [7, 11) is 1.79. The molecule has 0 aliphatic rings. The summed E-state index contributed by atoms with van der Waals surface area (Å²) in [6.07, 6.45) is -3.60. The normalized spacial score (nSPS) is 11.7. The zero-order valence-electron chi connectivity index (χ0n) is 12.1. The Bertz CT molecular complexity index is 666. The average Bonchev–Trinajstić information content (AvgIpc) is 2.72. The van der Waals surface area contributed by atoms with Crippen LogP contribution in [0.25, 0.3) is 0 Å². The Morgan fingerprint density at radius 3 is 2.19 bits per heavy atom. The number of halogens is 3. The topological polar surface area (TPSA) is 22.0 Å². The number of alkyl halides is 3. The zero-order chi connectivity index (χ0) is 15.8. The van der Waals surface area contributed by atoms with Gasteiger partial charge in [-0.15, -0.1) is 0 Å². The maximum Gasteiger partial charge on any atom is 0.416 e. The number of ketones is 1. The third kappa shape index (κ3) is 2.86. The predicted molar refractivity (Wildman–Crippen MR) is 74.4 cm³/mol. The fourth-order valence-corrected chi connectivity index (χ4v) is 2.44. The number of hydrogen-bond donors (Lipinski definition) is 0. The molecule has 2 nitrogen and oxygen atoms in total. The van der Waals surface area contributed by atoms with Gasteiger partial charge < -0.3 is 4.57 Å². The summed E-state index contributed by atoms with van der Waals surface area (Å²) in [5, 5.41) is 0. The van der Waals surface area contributed by atoms with E-state index in [0.717, 1.165) is 29.8 Å². The highest BCUT2D eigenvalue weighted by Gasteiger charge is 2.30. The lowest BCUT2D eigenvalue weighted by atomic mass is 10.0. The van der Waals surface area contributed by atoms with Crippen molar-refractivity contribution in [2.24, 2.45) is 7.05 Å².